The molecule has 0 atom stereocenters. The summed E-state index contributed by atoms with van der Waals surface area (Å²) < 4.78 is 3.69. The van der Waals surface area contributed by atoms with Crippen LogP contribution in [0.25, 0.3) is 10.9 Å². The van der Waals surface area contributed by atoms with Crippen LogP contribution in [-0.4, -0.2) is 10.4 Å². The predicted molar refractivity (Wildman–Crippen MR) is 98.2 cm³/mol. The highest BCUT2D eigenvalue weighted by Crippen LogP contribution is 2.15. The molecule has 0 bridgehead atoms. The molecule has 126 valence electrons. The highest BCUT2D eigenvalue weighted by Gasteiger charge is 2.27. The highest BCUT2D eigenvalue weighted by atomic mass is 79.9. The van der Waals surface area contributed by atoms with Gasteiger partial charge in [-0.1, -0.05) is 39.8 Å². The van der Waals surface area contributed by atoms with E-state index in [0.717, 1.165) is 24.2 Å². The second kappa shape index (κ2) is 7.39. The average molecular weight is 382 g/mol. The lowest BCUT2D eigenvalue weighted by Gasteiger charge is -2.18. The van der Waals surface area contributed by atoms with E-state index in [2.05, 4.69) is 6.92 Å². The quantitative estimate of drug-likeness (QED) is 0.764. The van der Waals surface area contributed by atoms with E-state index >= 15 is 0 Å². The molecule has 0 unspecified atom stereocenters. The van der Waals surface area contributed by atoms with Crippen molar-refractivity contribution in [2.75, 3.05) is 0 Å². The van der Waals surface area contributed by atoms with Gasteiger partial charge in [0.25, 0.3) is 5.82 Å². The number of nitrogens with zero attached hydrogens (tertiary/aromatic N) is 2. The van der Waals surface area contributed by atoms with Gasteiger partial charge in [0.15, 0.2) is 5.78 Å². The van der Waals surface area contributed by atoms with Gasteiger partial charge in [-0.2, -0.15) is 4.57 Å². The van der Waals surface area contributed by atoms with Crippen molar-refractivity contribution < 1.29 is 9.36 Å². The Bertz CT molecular complexity index is 773. The molecule has 0 N–H and O–H groups in total. The van der Waals surface area contributed by atoms with Crippen LogP contribution >= 0.6 is 17.0 Å². The fraction of sp³-hybridized carbons (Fsp3) is 0.500. The van der Waals surface area contributed by atoms with Crippen LogP contribution in [-0.2, 0) is 24.8 Å². The Hall–Kier alpha value is -1.49. The third kappa shape index (κ3) is 3.89. The van der Waals surface area contributed by atoms with Crippen LogP contribution in [0.15, 0.2) is 29.1 Å². The average Bonchev–Trinajstić information content (AvgIpc) is 2.47. The topological polar surface area (TPSA) is 43.0 Å². The van der Waals surface area contributed by atoms with E-state index in [4.69, 9.17) is 0 Å². The third-order valence-corrected chi connectivity index (χ3v) is 4.04. The molecule has 0 saturated heterocycles. The number of hydrogen-bond acceptors (Lipinski definition) is 2. The van der Waals surface area contributed by atoms with Crippen LogP contribution < -0.4 is 10.1 Å². The van der Waals surface area contributed by atoms with Gasteiger partial charge < -0.3 is 0 Å². The molecule has 0 aliphatic rings. The summed E-state index contributed by atoms with van der Waals surface area (Å²) in [6.45, 7) is 8.17. The molecule has 5 heteroatoms. The van der Waals surface area contributed by atoms with Gasteiger partial charge in [0.1, 0.15) is 17.4 Å². The van der Waals surface area contributed by atoms with Gasteiger partial charge in [0, 0.05) is 11.8 Å². The molecule has 1 aromatic heterocycles. The van der Waals surface area contributed by atoms with Crippen LogP contribution in [0.3, 0.4) is 0 Å². The minimum atomic E-state index is -0.397. The zero-order valence-electron chi connectivity index (χ0n) is 14.5. The number of benzene rings is 1. The van der Waals surface area contributed by atoms with Crippen molar-refractivity contribution >= 4 is 33.7 Å². The van der Waals surface area contributed by atoms with Gasteiger partial charge in [-0.3, -0.25) is 4.79 Å². The second-order valence-corrected chi connectivity index (χ2v) is 6.81. The fourth-order valence-electron chi connectivity index (χ4n) is 2.59. The predicted octanol–water partition coefficient (Wildman–Crippen LogP) is 2.97. The van der Waals surface area contributed by atoms with E-state index in [0.29, 0.717) is 11.9 Å². The number of carbonyl (C=O) groups is 1. The summed E-state index contributed by atoms with van der Waals surface area (Å²) in [6.07, 6.45) is 1.70. The smallest absolute Gasteiger partial charge is 0.295 e. The number of rotatable bonds is 4. The second-order valence-electron chi connectivity index (χ2n) is 6.81. The lowest BCUT2D eigenvalue weighted by Crippen LogP contribution is -2.50. The zero-order valence-corrected chi connectivity index (χ0v) is 16.3. The van der Waals surface area contributed by atoms with Gasteiger partial charge in [-0.25, -0.2) is 9.36 Å². The molecular weight excluding hydrogens is 356 g/mol. The highest BCUT2D eigenvalue weighted by molar-refractivity contribution is 8.93. The third-order valence-electron chi connectivity index (χ3n) is 4.04. The number of fused-ring (bicyclic) bond motifs is 1. The minimum absolute atomic E-state index is 0. The maximum absolute atomic E-state index is 12.5. The zero-order chi connectivity index (χ0) is 16.5. The molecule has 0 aliphatic carbocycles. The SMILES string of the molecule is Br.CCCc1n(C)c(=O)c2ccccc2[n+]1CC(=O)C(C)(C)C. The lowest BCUT2D eigenvalue weighted by molar-refractivity contribution is -0.671. The molecular formula is C18H26BrN2O2+. The number of para-hydroxylation sites is 1. The van der Waals surface area contributed by atoms with Crippen molar-refractivity contribution in [2.24, 2.45) is 12.5 Å². The summed E-state index contributed by atoms with van der Waals surface area (Å²) in [7, 11) is 1.79. The Labute approximate surface area is 147 Å². The van der Waals surface area contributed by atoms with Gasteiger partial charge in [0.05, 0.1) is 7.05 Å². The molecule has 0 saturated carbocycles. The molecule has 1 heterocycles. The van der Waals surface area contributed by atoms with Crippen LogP contribution in [0.2, 0.25) is 0 Å². The van der Waals surface area contributed by atoms with Crippen molar-refractivity contribution in [3.05, 3.63) is 40.4 Å². The Morgan fingerprint density at radius 1 is 1.22 bits per heavy atom. The number of halogens is 1. The number of Topliss-reactive ketones (excluding diaryl/α,β-unsaturated/α-hetero) is 1. The van der Waals surface area contributed by atoms with E-state index in [-0.39, 0.29) is 28.3 Å². The van der Waals surface area contributed by atoms with E-state index in [9.17, 15) is 9.59 Å². The van der Waals surface area contributed by atoms with Gasteiger partial charge in [-0.15, -0.1) is 17.0 Å². The fourth-order valence-corrected chi connectivity index (χ4v) is 2.59. The Morgan fingerprint density at radius 3 is 2.39 bits per heavy atom. The largest absolute Gasteiger partial charge is 0.345 e. The molecule has 0 amide bonds. The number of ketones is 1. The summed E-state index contributed by atoms with van der Waals surface area (Å²) in [5, 5.41) is 0.659. The van der Waals surface area contributed by atoms with Crippen molar-refractivity contribution in [1.29, 1.82) is 0 Å². The van der Waals surface area contributed by atoms with E-state index < -0.39 is 5.41 Å². The number of carbonyl (C=O) groups excluding carboxylic acids is 1. The first-order chi connectivity index (χ1) is 10.3. The van der Waals surface area contributed by atoms with Gasteiger partial charge in [-0.05, 0) is 18.6 Å². The maximum atomic E-state index is 12.5. The molecule has 1 aromatic carbocycles. The Morgan fingerprint density at radius 2 is 1.83 bits per heavy atom. The van der Waals surface area contributed by atoms with Gasteiger partial charge >= 0.3 is 5.56 Å². The molecule has 4 nitrogen and oxygen atoms in total. The molecule has 0 aliphatic heterocycles. The monoisotopic (exact) mass is 381 g/mol. The van der Waals surface area contributed by atoms with Crippen molar-refractivity contribution in [3.8, 4) is 0 Å². The summed E-state index contributed by atoms with van der Waals surface area (Å²) in [6, 6.07) is 7.52. The Balaban J connectivity index is 0.00000264. The van der Waals surface area contributed by atoms with Crippen LogP contribution in [0, 0.1) is 5.41 Å². The van der Waals surface area contributed by atoms with Crippen LogP contribution in [0.4, 0.5) is 0 Å². The van der Waals surface area contributed by atoms with E-state index in [1.165, 1.54) is 0 Å². The summed E-state index contributed by atoms with van der Waals surface area (Å²) >= 11 is 0. The molecule has 2 rings (SSSR count). The van der Waals surface area contributed by atoms with Gasteiger partial charge in [0.2, 0.25) is 0 Å². The van der Waals surface area contributed by atoms with Crippen LogP contribution in [0.5, 0.6) is 0 Å². The first-order valence-electron chi connectivity index (χ1n) is 7.81. The summed E-state index contributed by atoms with van der Waals surface area (Å²) in [5.74, 6) is 1.07. The lowest BCUT2D eigenvalue weighted by atomic mass is 9.90. The van der Waals surface area contributed by atoms with Crippen molar-refractivity contribution in [1.82, 2.24) is 4.57 Å². The first kappa shape index (κ1) is 19.6. The van der Waals surface area contributed by atoms with E-state index in [1.807, 2.05) is 49.6 Å². The summed E-state index contributed by atoms with van der Waals surface area (Å²) in [4.78, 5) is 25.0. The van der Waals surface area contributed by atoms with E-state index in [1.54, 1.807) is 11.6 Å². The first-order valence-corrected chi connectivity index (χ1v) is 7.81. The minimum Gasteiger partial charge on any atom is -0.295 e. The molecule has 0 spiro atoms. The Kier molecular flexibility index (Phi) is 6.28. The molecule has 0 radical (unpaired) electrons. The molecule has 2 aromatic rings. The van der Waals surface area contributed by atoms with Crippen LogP contribution in [0.1, 0.15) is 39.9 Å². The number of aromatic nitrogens is 2. The number of hydrogen-bond donors (Lipinski definition) is 0. The van der Waals surface area contributed by atoms with Crippen molar-refractivity contribution in [3.63, 3.8) is 0 Å². The standard InChI is InChI=1S/C18H25N2O2.BrH/c1-6-9-16-19(5)17(22)13-10-7-8-11-14(13)20(16)12-15(21)18(2,3)4;/h7-8,10-11H,6,9,12H2,1-5H3;1H/q+1;. The molecule has 23 heavy (non-hydrogen) atoms. The summed E-state index contributed by atoms with van der Waals surface area (Å²) in [5.41, 5.74) is 0.442. The normalized spacial score (nSPS) is 11.3. The maximum Gasteiger partial charge on any atom is 0.345 e. The van der Waals surface area contributed by atoms with Crippen molar-refractivity contribution in [2.45, 2.75) is 47.1 Å². The molecule has 0 fully saturated rings.